The zero-order valence-electron chi connectivity index (χ0n) is 6.51. The van der Waals surface area contributed by atoms with Crippen LogP contribution in [0.5, 0.6) is 0 Å². The number of hydrogen-bond acceptors (Lipinski definition) is 2. The summed E-state index contributed by atoms with van der Waals surface area (Å²) in [6.45, 7) is 3.04. The molecule has 0 amide bonds. The van der Waals surface area contributed by atoms with Crippen LogP contribution in [0.25, 0.3) is 0 Å². The third kappa shape index (κ3) is 2.12. The molecule has 0 aromatic rings. The smallest absolute Gasteiger partial charge is 0.0180 e. The van der Waals surface area contributed by atoms with Gasteiger partial charge in [-0.2, -0.15) is 0 Å². The van der Waals surface area contributed by atoms with E-state index in [4.69, 9.17) is 5.73 Å². The van der Waals surface area contributed by atoms with Gasteiger partial charge in [0.1, 0.15) is 0 Å². The molecule has 2 nitrogen and oxygen atoms in total. The largest absolute Gasteiger partial charge is 0.326 e. The van der Waals surface area contributed by atoms with Crippen LogP contribution in [0.15, 0.2) is 12.2 Å². The van der Waals surface area contributed by atoms with Gasteiger partial charge in [-0.15, -0.1) is 0 Å². The molecule has 2 unspecified atom stereocenters. The first-order valence-electron chi connectivity index (χ1n) is 3.93. The maximum atomic E-state index is 5.71. The van der Waals surface area contributed by atoms with Gasteiger partial charge in [0, 0.05) is 18.6 Å². The number of rotatable bonds is 2. The molecule has 1 rings (SSSR count). The van der Waals surface area contributed by atoms with Crippen LogP contribution < -0.4 is 11.1 Å². The molecule has 0 aromatic carbocycles. The first kappa shape index (κ1) is 7.76. The second-order valence-electron chi connectivity index (χ2n) is 2.91. The van der Waals surface area contributed by atoms with E-state index in [1.807, 2.05) is 0 Å². The fourth-order valence-electron chi connectivity index (χ4n) is 1.33. The highest BCUT2D eigenvalue weighted by Gasteiger charge is 2.18. The Balaban J connectivity index is 2.18. The lowest BCUT2D eigenvalue weighted by Gasteiger charge is -2.04. The van der Waals surface area contributed by atoms with E-state index >= 15 is 0 Å². The van der Waals surface area contributed by atoms with Crippen molar-refractivity contribution in [1.29, 1.82) is 0 Å². The maximum absolute atomic E-state index is 5.71. The average Bonchev–Trinajstić information content (AvgIpc) is 2.31. The standard InChI is InChI=1S/C8H16N2/c1-2-3-4-8-5-7(9)6-10-8/h2-3,7-8,10H,4-6,9H2,1H3/b3-2+. The minimum atomic E-state index is 0.384. The predicted molar refractivity (Wildman–Crippen MR) is 43.8 cm³/mol. The maximum Gasteiger partial charge on any atom is 0.0180 e. The monoisotopic (exact) mass is 140 g/mol. The SMILES string of the molecule is C/C=C/CC1CC(N)CN1. The highest BCUT2D eigenvalue weighted by Crippen LogP contribution is 2.08. The molecule has 0 aliphatic carbocycles. The van der Waals surface area contributed by atoms with Crippen molar-refractivity contribution in [3.05, 3.63) is 12.2 Å². The molecule has 0 radical (unpaired) electrons. The first-order chi connectivity index (χ1) is 4.83. The molecule has 3 N–H and O–H groups in total. The van der Waals surface area contributed by atoms with Gasteiger partial charge in [0.25, 0.3) is 0 Å². The third-order valence-electron chi connectivity index (χ3n) is 1.91. The lowest BCUT2D eigenvalue weighted by molar-refractivity contribution is 0.608. The van der Waals surface area contributed by atoms with E-state index in [1.165, 1.54) is 0 Å². The minimum Gasteiger partial charge on any atom is -0.326 e. The Morgan fingerprint density at radius 3 is 3.00 bits per heavy atom. The second-order valence-corrected chi connectivity index (χ2v) is 2.91. The van der Waals surface area contributed by atoms with Crippen molar-refractivity contribution < 1.29 is 0 Å². The van der Waals surface area contributed by atoms with Crippen molar-refractivity contribution in [1.82, 2.24) is 5.32 Å². The summed E-state index contributed by atoms with van der Waals surface area (Å²) in [7, 11) is 0. The normalized spacial score (nSPS) is 33.8. The molecule has 2 heteroatoms. The van der Waals surface area contributed by atoms with E-state index in [-0.39, 0.29) is 0 Å². The van der Waals surface area contributed by atoms with Crippen LogP contribution in [0.1, 0.15) is 19.8 Å². The van der Waals surface area contributed by atoms with Crippen molar-refractivity contribution >= 4 is 0 Å². The van der Waals surface area contributed by atoms with Crippen LogP contribution >= 0.6 is 0 Å². The molecular weight excluding hydrogens is 124 g/mol. The summed E-state index contributed by atoms with van der Waals surface area (Å²) >= 11 is 0. The highest BCUT2D eigenvalue weighted by atomic mass is 15.0. The quantitative estimate of drug-likeness (QED) is 0.552. The van der Waals surface area contributed by atoms with Crippen LogP contribution in [0, 0.1) is 0 Å². The Hall–Kier alpha value is -0.340. The molecule has 0 spiro atoms. The molecule has 0 saturated carbocycles. The third-order valence-corrected chi connectivity index (χ3v) is 1.91. The number of nitrogens with two attached hydrogens (primary N) is 1. The summed E-state index contributed by atoms with van der Waals surface area (Å²) in [5, 5.41) is 3.36. The highest BCUT2D eigenvalue weighted by molar-refractivity contribution is 4.90. The average molecular weight is 140 g/mol. The van der Waals surface area contributed by atoms with E-state index in [9.17, 15) is 0 Å². The van der Waals surface area contributed by atoms with E-state index < -0.39 is 0 Å². The molecule has 1 saturated heterocycles. The number of allylic oxidation sites excluding steroid dienone is 1. The Kier molecular flexibility index (Phi) is 2.90. The molecule has 10 heavy (non-hydrogen) atoms. The van der Waals surface area contributed by atoms with E-state index in [0.717, 1.165) is 19.4 Å². The molecule has 2 atom stereocenters. The van der Waals surface area contributed by atoms with Gasteiger partial charge >= 0.3 is 0 Å². The minimum absolute atomic E-state index is 0.384. The zero-order valence-corrected chi connectivity index (χ0v) is 6.51. The van der Waals surface area contributed by atoms with Crippen LogP contribution in [0.2, 0.25) is 0 Å². The number of nitrogens with one attached hydrogen (secondary N) is 1. The molecule has 1 fully saturated rings. The molecular formula is C8H16N2. The van der Waals surface area contributed by atoms with Gasteiger partial charge in [-0.3, -0.25) is 0 Å². The summed E-state index contributed by atoms with van der Waals surface area (Å²) in [4.78, 5) is 0. The molecule has 1 aliphatic heterocycles. The van der Waals surface area contributed by atoms with Gasteiger partial charge in [-0.25, -0.2) is 0 Å². The van der Waals surface area contributed by atoms with Crippen molar-refractivity contribution in [2.45, 2.75) is 31.8 Å². The lowest BCUT2D eigenvalue weighted by Crippen LogP contribution is -2.23. The van der Waals surface area contributed by atoms with Crippen molar-refractivity contribution in [2.24, 2.45) is 5.73 Å². The Morgan fingerprint density at radius 2 is 2.50 bits per heavy atom. The van der Waals surface area contributed by atoms with E-state index in [1.54, 1.807) is 0 Å². The Labute approximate surface area is 62.5 Å². The van der Waals surface area contributed by atoms with Gasteiger partial charge in [0.15, 0.2) is 0 Å². The van der Waals surface area contributed by atoms with Crippen molar-refractivity contribution in [2.75, 3.05) is 6.54 Å². The summed E-state index contributed by atoms with van der Waals surface area (Å²) in [5.74, 6) is 0. The number of hydrogen-bond donors (Lipinski definition) is 2. The fraction of sp³-hybridized carbons (Fsp3) is 0.750. The summed E-state index contributed by atoms with van der Waals surface area (Å²) < 4.78 is 0. The van der Waals surface area contributed by atoms with Crippen LogP contribution in [-0.4, -0.2) is 18.6 Å². The second kappa shape index (κ2) is 3.74. The molecule has 0 aromatic heterocycles. The Bertz CT molecular complexity index is 120. The fourth-order valence-corrected chi connectivity index (χ4v) is 1.33. The van der Waals surface area contributed by atoms with Gasteiger partial charge in [-0.05, 0) is 19.8 Å². The summed E-state index contributed by atoms with van der Waals surface area (Å²) in [6.07, 6.45) is 6.54. The van der Waals surface area contributed by atoms with Crippen LogP contribution in [0.4, 0.5) is 0 Å². The molecule has 1 heterocycles. The first-order valence-corrected chi connectivity index (χ1v) is 3.93. The van der Waals surface area contributed by atoms with E-state index in [0.29, 0.717) is 12.1 Å². The van der Waals surface area contributed by atoms with Gasteiger partial charge < -0.3 is 11.1 Å². The van der Waals surface area contributed by atoms with Gasteiger partial charge in [0.05, 0.1) is 0 Å². The van der Waals surface area contributed by atoms with Gasteiger partial charge in [0.2, 0.25) is 0 Å². The van der Waals surface area contributed by atoms with Crippen LogP contribution in [-0.2, 0) is 0 Å². The zero-order chi connectivity index (χ0) is 7.40. The topological polar surface area (TPSA) is 38.0 Å². The predicted octanol–water partition coefficient (Wildman–Crippen LogP) is 0.642. The van der Waals surface area contributed by atoms with E-state index in [2.05, 4.69) is 24.4 Å². The van der Waals surface area contributed by atoms with Gasteiger partial charge in [-0.1, -0.05) is 12.2 Å². The van der Waals surface area contributed by atoms with Crippen LogP contribution in [0.3, 0.4) is 0 Å². The molecule has 0 bridgehead atoms. The molecule has 1 aliphatic rings. The summed E-state index contributed by atoms with van der Waals surface area (Å²) in [5.41, 5.74) is 5.71. The van der Waals surface area contributed by atoms with Crippen molar-refractivity contribution in [3.63, 3.8) is 0 Å². The molecule has 58 valence electrons. The lowest BCUT2D eigenvalue weighted by atomic mass is 10.1. The summed E-state index contributed by atoms with van der Waals surface area (Å²) in [6, 6.07) is 1.02. The van der Waals surface area contributed by atoms with Crippen molar-refractivity contribution in [3.8, 4) is 0 Å². The Morgan fingerprint density at radius 1 is 1.70 bits per heavy atom.